The van der Waals surface area contributed by atoms with E-state index in [0.29, 0.717) is 5.69 Å². The van der Waals surface area contributed by atoms with Crippen LogP contribution in [0, 0.1) is 0 Å². The average molecular weight is 430 g/mol. The standard InChI is InChI=1S/C23H19N5O2S/c1-27-13-16(12-24-27)20-25-19(15-31-20)14-28-21(29)23(26-22(28)30,17-8-4-2-5-9-17)18-10-6-3-7-11-18/h2-13,15H,14H2,1H3,(H,26,30). The van der Waals surface area contributed by atoms with Gasteiger partial charge in [-0.25, -0.2) is 9.78 Å². The highest BCUT2D eigenvalue weighted by Gasteiger charge is 2.53. The van der Waals surface area contributed by atoms with E-state index in [-0.39, 0.29) is 12.5 Å². The van der Waals surface area contributed by atoms with Crippen LogP contribution < -0.4 is 5.32 Å². The fourth-order valence-electron chi connectivity index (χ4n) is 3.86. The number of imide groups is 1. The molecular weight excluding hydrogens is 410 g/mol. The Morgan fingerprint density at radius 3 is 2.23 bits per heavy atom. The van der Waals surface area contributed by atoms with E-state index >= 15 is 0 Å². The third-order valence-corrected chi connectivity index (χ3v) is 6.28. The van der Waals surface area contributed by atoms with Gasteiger partial charge in [0.05, 0.1) is 18.4 Å². The number of benzene rings is 2. The molecule has 0 saturated carbocycles. The van der Waals surface area contributed by atoms with Gasteiger partial charge in [-0.15, -0.1) is 11.3 Å². The maximum absolute atomic E-state index is 13.7. The molecule has 2 aromatic heterocycles. The molecule has 31 heavy (non-hydrogen) atoms. The van der Waals surface area contributed by atoms with E-state index in [9.17, 15) is 9.59 Å². The van der Waals surface area contributed by atoms with Gasteiger partial charge in [0.25, 0.3) is 5.91 Å². The van der Waals surface area contributed by atoms with Crippen LogP contribution >= 0.6 is 11.3 Å². The second-order valence-corrected chi connectivity index (χ2v) is 8.21. The maximum atomic E-state index is 13.7. The summed E-state index contributed by atoms with van der Waals surface area (Å²) < 4.78 is 1.71. The fraction of sp³-hybridized carbons (Fsp3) is 0.130. The van der Waals surface area contributed by atoms with Crippen LogP contribution in [0.25, 0.3) is 10.6 Å². The Hall–Kier alpha value is -3.78. The zero-order valence-corrected chi connectivity index (χ0v) is 17.5. The van der Waals surface area contributed by atoms with Gasteiger partial charge in [-0.1, -0.05) is 60.7 Å². The van der Waals surface area contributed by atoms with Gasteiger partial charge >= 0.3 is 6.03 Å². The van der Waals surface area contributed by atoms with E-state index in [2.05, 4.69) is 15.4 Å². The highest BCUT2D eigenvalue weighted by atomic mass is 32.1. The van der Waals surface area contributed by atoms with Gasteiger partial charge in [0.15, 0.2) is 5.54 Å². The van der Waals surface area contributed by atoms with Gasteiger partial charge in [0.1, 0.15) is 5.01 Å². The molecule has 3 heterocycles. The molecule has 1 aliphatic rings. The normalized spacial score (nSPS) is 15.3. The molecule has 0 spiro atoms. The van der Waals surface area contributed by atoms with Crippen LogP contribution in [0.4, 0.5) is 4.79 Å². The topological polar surface area (TPSA) is 80.1 Å². The number of amides is 3. The summed E-state index contributed by atoms with van der Waals surface area (Å²) in [5.41, 5.74) is 1.73. The van der Waals surface area contributed by atoms with Crippen LogP contribution in [0.5, 0.6) is 0 Å². The quantitative estimate of drug-likeness (QED) is 0.492. The molecule has 154 valence electrons. The third kappa shape index (κ3) is 3.21. The van der Waals surface area contributed by atoms with Crippen LogP contribution in [0.3, 0.4) is 0 Å². The summed E-state index contributed by atoms with van der Waals surface area (Å²) in [7, 11) is 1.85. The Morgan fingerprint density at radius 1 is 1.00 bits per heavy atom. The average Bonchev–Trinajstić information content (AvgIpc) is 3.50. The zero-order valence-electron chi connectivity index (χ0n) is 16.7. The summed E-state index contributed by atoms with van der Waals surface area (Å²) in [5, 5.41) is 9.80. The van der Waals surface area contributed by atoms with Gasteiger partial charge < -0.3 is 5.32 Å². The van der Waals surface area contributed by atoms with Crippen molar-refractivity contribution < 1.29 is 9.59 Å². The summed E-state index contributed by atoms with van der Waals surface area (Å²) in [5.74, 6) is -0.314. The molecule has 1 saturated heterocycles. The van der Waals surface area contributed by atoms with Gasteiger partial charge in [0, 0.05) is 24.2 Å². The lowest BCUT2D eigenvalue weighted by Crippen LogP contribution is -2.45. The lowest BCUT2D eigenvalue weighted by atomic mass is 9.82. The van der Waals surface area contributed by atoms with Crippen LogP contribution in [0.15, 0.2) is 78.4 Å². The molecular formula is C23H19N5O2S. The predicted octanol–water partition coefficient (Wildman–Crippen LogP) is 3.54. The number of aryl methyl sites for hydroxylation is 1. The monoisotopic (exact) mass is 429 g/mol. The van der Waals surface area contributed by atoms with Crippen molar-refractivity contribution in [3.63, 3.8) is 0 Å². The molecule has 0 bridgehead atoms. The van der Waals surface area contributed by atoms with Gasteiger partial charge in [-0.05, 0) is 11.1 Å². The van der Waals surface area contributed by atoms with Crippen molar-refractivity contribution in [2.24, 2.45) is 7.05 Å². The van der Waals surface area contributed by atoms with Crippen molar-refractivity contribution in [3.8, 4) is 10.6 Å². The van der Waals surface area contributed by atoms with Crippen LogP contribution in [-0.4, -0.2) is 31.6 Å². The summed E-state index contributed by atoms with van der Waals surface area (Å²) in [6.07, 6.45) is 3.62. The lowest BCUT2D eigenvalue weighted by molar-refractivity contribution is -0.130. The van der Waals surface area contributed by atoms with Crippen LogP contribution in [0.1, 0.15) is 16.8 Å². The van der Waals surface area contributed by atoms with Crippen molar-refractivity contribution in [2.75, 3.05) is 0 Å². The number of urea groups is 1. The molecule has 8 heteroatoms. The first-order valence-corrected chi connectivity index (χ1v) is 10.6. The minimum atomic E-state index is -1.26. The minimum absolute atomic E-state index is 0.100. The molecule has 2 aromatic carbocycles. The Bertz CT molecular complexity index is 1210. The number of aromatic nitrogens is 3. The number of rotatable bonds is 5. The minimum Gasteiger partial charge on any atom is -0.315 e. The fourth-order valence-corrected chi connectivity index (χ4v) is 4.65. The lowest BCUT2D eigenvalue weighted by Gasteiger charge is -2.27. The zero-order chi connectivity index (χ0) is 21.4. The molecule has 1 fully saturated rings. The van der Waals surface area contributed by atoms with E-state index in [0.717, 1.165) is 21.7 Å². The Labute approximate surface area is 183 Å². The molecule has 3 amide bonds. The Balaban J connectivity index is 1.50. The molecule has 0 unspecified atom stereocenters. The van der Waals surface area contributed by atoms with Crippen LogP contribution in [0.2, 0.25) is 0 Å². The number of carbonyl (C=O) groups excluding carboxylic acids is 2. The van der Waals surface area contributed by atoms with Crippen molar-refractivity contribution >= 4 is 23.3 Å². The number of nitrogens with one attached hydrogen (secondary N) is 1. The molecule has 0 aliphatic carbocycles. The number of nitrogens with zero attached hydrogens (tertiary/aromatic N) is 4. The number of hydrogen-bond donors (Lipinski definition) is 1. The van der Waals surface area contributed by atoms with Gasteiger partial charge in [-0.2, -0.15) is 5.10 Å². The molecule has 7 nitrogen and oxygen atoms in total. The van der Waals surface area contributed by atoms with E-state index in [1.165, 1.54) is 16.2 Å². The molecule has 4 aromatic rings. The second-order valence-electron chi connectivity index (χ2n) is 7.35. The Morgan fingerprint density at radius 2 is 1.65 bits per heavy atom. The number of thiazole rings is 1. The summed E-state index contributed by atoms with van der Waals surface area (Å²) in [6, 6.07) is 18.2. The largest absolute Gasteiger partial charge is 0.325 e. The van der Waals surface area contributed by atoms with E-state index in [4.69, 9.17) is 0 Å². The smallest absolute Gasteiger partial charge is 0.315 e. The second kappa shape index (κ2) is 7.48. The first kappa shape index (κ1) is 19.2. The summed E-state index contributed by atoms with van der Waals surface area (Å²) >= 11 is 1.46. The van der Waals surface area contributed by atoms with E-state index in [1.807, 2.05) is 79.3 Å². The van der Waals surface area contributed by atoms with E-state index in [1.54, 1.807) is 10.9 Å². The van der Waals surface area contributed by atoms with Crippen molar-refractivity contribution in [1.29, 1.82) is 0 Å². The van der Waals surface area contributed by atoms with Crippen molar-refractivity contribution in [1.82, 2.24) is 25.0 Å². The summed E-state index contributed by atoms with van der Waals surface area (Å²) in [4.78, 5) is 32.6. The highest BCUT2D eigenvalue weighted by Crippen LogP contribution is 2.36. The molecule has 1 N–H and O–H groups in total. The summed E-state index contributed by atoms with van der Waals surface area (Å²) in [6.45, 7) is 0.100. The van der Waals surface area contributed by atoms with Gasteiger partial charge in [-0.3, -0.25) is 14.4 Å². The van der Waals surface area contributed by atoms with Gasteiger partial charge in [0.2, 0.25) is 0 Å². The SMILES string of the molecule is Cn1cc(-c2nc(CN3C(=O)NC(c4ccccc4)(c4ccccc4)C3=O)cs2)cn1. The third-order valence-electron chi connectivity index (χ3n) is 5.34. The first-order chi connectivity index (χ1) is 15.1. The Kier molecular flexibility index (Phi) is 4.63. The maximum Gasteiger partial charge on any atom is 0.325 e. The molecule has 5 rings (SSSR count). The predicted molar refractivity (Wildman–Crippen MR) is 117 cm³/mol. The highest BCUT2D eigenvalue weighted by molar-refractivity contribution is 7.13. The molecule has 1 aliphatic heterocycles. The number of hydrogen-bond acceptors (Lipinski definition) is 5. The van der Waals surface area contributed by atoms with Crippen LogP contribution in [-0.2, 0) is 23.9 Å². The molecule has 0 atom stereocenters. The van der Waals surface area contributed by atoms with Crippen molar-refractivity contribution in [3.05, 3.63) is 95.3 Å². The first-order valence-electron chi connectivity index (χ1n) is 9.76. The number of carbonyl (C=O) groups is 2. The van der Waals surface area contributed by atoms with E-state index < -0.39 is 11.6 Å². The molecule has 0 radical (unpaired) electrons. The van der Waals surface area contributed by atoms with Crippen molar-refractivity contribution in [2.45, 2.75) is 12.1 Å².